The highest BCUT2D eigenvalue weighted by Gasteiger charge is 2.28. The Kier molecular flexibility index (Phi) is 6.03. The van der Waals surface area contributed by atoms with Crippen LogP contribution in [0.4, 0.5) is 16.2 Å². The van der Waals surface area contributed by atoms with Crippen molar-refractivity contribution in [1.82, 2.24) is 10.2 Å². The average Bonchev–Trinajstić information content (AvgIpc) is 3.25. The van der Waals surface area contributed by atoms with Gasteiger partial charge in [0, 0.05) is 23.7 Å². The molecule has 2 heterocycles. The summed E-state index contributed by atoms with van der Waals surface area (Å²) in [4.78, 5) is 15.5. The van der Waals surface area contributed by atoms with Crippen molar-refractivity contribution in [3.05, 3.63) is 46.7 Å². The predicted molar refractivity (Wildman–Crippen MR) is 110 cm³/mol. The number of carbonyl (C=O) groups is 1. The van der Waals surface area contributed by atoms with Gasteiger partial charge in [-0.25, -0.2) is 13.2 Å². The van der Waals surface area contributed by atoms with Crippen molar-refractivity contribution in [1.29, 1.82) is 0 Å². The molecule has 1 fully saturated rings. The van der Waals surface area contributed by atoms with E-state index in [1.54, 1.807) is 35.6 Å². The standard InChI is InChI=1S/C18H24N4O3S2/c1-21(2)16(17-5-3-11-26-17)13-19-18(23)20-14-6-8-15(9-7-14)22-10-4-12-27(22,24)25/h3,5-9,11,16H,4,10,12-13H2,1-2H3,(H2,19,20,23)/t16-/m0/s1. The number of urea groups is 1. The third-order valence-corrected chi connectivity index (χ3v) is 7.31. The maximum Gasteiger partial charge on any atom is 0.319 e. The Hall–Kier alpha value is -2.10. The highest BCUT2D eigenvalue weighted by molar-refractivity contribution is 7.93. The number of benzene rings is 1. The number of anilines is 2. The quantitative estimate of drug-likeness (QED) is 0.770. The lowest BCUT2D eigenvalue weighted by molar-refractivity contribution is 0.244. The summed E-state index contributed by atoms with van der Waals surface area (Å²) in [6.07, 6.45) is 0.641. The van der Waals surface area contributed by atoms with E-state index in [-0.39, 0.29) is 17.8 Å². The Balaban J connectivity index is 1.56. The van der Waals surface area contributed by atoms with Crippen LogP contribution in [-0.4, -0.2) is 52.3 Å². The maximum atomic E-state index is 12.2. The number of hydrogen-bond donors (Lipinski definition) is 2. The highest BCUT2D eigenvalue weighted by atomic mass is 32.2. The van der Waals surface area contributed by atoms with Gasteiger partial charge >= 0.3 is 6.03 Å². The first kappa shape index (κ1) is 19.7. The van der Waals surface area contributed by atoms with E-state index in [0.29, 0.717) is 30.9 Å². The van der Waals surface area contributed by atoms with Crippen LogP contribution < -0.4 is 14.9 Å². The Bertz CT molecular complexity index is 865. The Morgan fingerprint density at radius 2 is 2.00 bits per heavy atom. The molecule has 0 bridgehead atoms. The number of carbonyl (C=O) groups excluding carboxylic acids is 1. The van der Waals surface area contributed by atoms with Gasteiger partial charge in [0.05, 0.1) is 17.5 Å². The van der Waals surface area contributed by atoms with Crippen LogP contribution >= 0.6 is 11.3 Å². The number of nitrogens with one attached hydrogen (secondary N) is 2. The first-order valence-electron chi connectivity index (χ1n) is 8.72. The summed E-state index contributed by atoms with van der Waals surface area (Å²) in [6, 6.07) is 10.7. The zero-order valence-corrected chi connectivity index (χ0v) is 17.0. The molecule has 146 valence electrons. The van der Waals surface area contributed by atoms with Crippen molar-refractivity contribution in [3.63, 3.8) is 0 Å². The lowest BCUT2D eigenvalue weighted by atomic mass is 10.2. The molecule has 7 nitrogen and oxygen atoms in total. The molecule has 1 saturated heterocycles. The zero-order chi connectivity index (χ0) is 19.4. The fraction of sp³-hybridized carbons (Fsp3) is 0.389. The number of sulfonamides is 1. The van der Waals surface area contributed by atoms with E-state index in [1.807, 2.05) is 25.5 Å². The average molecular weight is 409 g/mol. The van der Waals surface area contributed by atoms with E-state index in [0.717, 1.165) is 0 Å². The summed E-state index contributed by atoms with van der Waals surface area (Å²) in [5.74, 6) is 0.187. The van der Waals surface area contributed by atoms with Crippen LogP contribution in [0.2, 0.25) is 0 Å². The van der Waals surface area contributed by atoms with Gasteiger partial charge in [0.1, 0.15) is 0 Å². The van der Waals surface area contributed by atoms with Gasteiger partial charge < -0.3 is 15.5 Å². The molecule has 27 heavy (non-hydrogen) atoms. The molecule has 2 aromatic rings. The fourth-order valence-electron chi connectivity index (χ4n) is 3.02. The molecule has 1 atom stereocenters. The lowest BCUT2D eigenvalue weighted by Crippen LogP contribution is -2.36. The summed E-state index contributed by atoms with van der Waals surface area (Å²) < 4.78 is 25.4. The second kappa shape index (κ2) is 8.28. The SMILES string of the molecule is CN(C)[C@@H](CNC(=O)Nc1ccc(N2CCCS2(=O)=O)cc1)c1cccs1. The Morgan fingerprint density at radius 3 is 2.56 bits per heavy atom. The molecule has 0 radical (unpaired) electrons. The van der Waals surface area contributed by atoms with Gasteiger partial charge in [-0.1, -0.05) is 6.07 Å². The smallest absolute Gasteiger partial charge is 0.319 e. The third kappa shape index (κ3) is 4.79. The molecule has 0 saturated carbocycles. The molecular formula is C18H24N4O3S2. The minimum absolute atomic E-state index is 0.110. The van der Waals surface area contributed by atoms with Crippen LogP contribution in [0.15, 0.2) is 41.8 Å². The molecule has 2 N–H and O–H groups in total. The van der Waals surface area contributed by atoms with E-state index < -0.39 is 10.0 Å². The van der Waals surface area contributed by atoms with Crippen LogP contribution in [0.3, 0.4) is 0 Å². The molecule has 0 unspecified atom stereocenters. The molecule has 0 spiro atoms. The van der Waals surface area contributed by atoms with Crippen LogP contribution in [0.5, 0.6) is 0 Å². The molecular weight excluding hydrogens is 384 g/mol. The molecule has 2 amide bonds. The summed E-state index contributed by atoms with van der Waals surface area (Å²) >= 11 is 1.66. The second-order valence-corrected chi connectivity index (χ2v) is 9.61. The van der Waals surface area contributed by atoms with Crippen molar-refractivity contribution >= 4 is 38.8 Å². The minimum atomic E-state index is -3.19. The molecule has 3 rings (SSSR count). The number of thiophene rings is 1. The maximum absolute atomic E-state index is 12.2. The monoisotopic (exact) mass is 408 g/mol. The normalized spacial score (nSPS) is 17.1. The predicted octanol–water partition coefficient (Wildman–Crippen LogP) is 2.71. The number of likely N-dealkylation sites (N-methyl/N-ethyl adjacent to an activating group) is 1. The third-order valence-electron chi connectivity index (χ3n) is 4.46. The van der Waals surface area contributed by atoms with Gasteiger partial charge in [0.25, 0.3) is 0 Å². The van der Waals surface area contributed by atoms with Crippen molar-refractivity contribution < 1.29 is 13.2 Å². The van der Waals surface area contributed by atoms with Crippen molar-refractivity contribution in [2.24, 2.45) is 0 Å². The first-order chi connectivity index (χ1) is 12.9. The van der Waals surface area contributed by atoms with Crippen LogP contribution in [0.1, 0.15) is 17.3 Å². The fourth-order valence-corrected chi connectivity index (χ4v) is 5.51. The van der Waals surface area contributed by atoms with Crippen LogP contribution in [0, 0.1) is 0 Å². The second-order valence-electron chi connectivity index (χ2n) is 6.62. The zero-order valence-electron chi connectivity index (χ0n) is 15.4. The number of hydrogen-bond acceptors (Lipinski definition) is 5. The molecule has 1 aliphatic rings. The van der Waals surface area contributed by atoms with Gasteiger partial charge in [-0.3, -0.25) is 4.31 Å². The minimum Gasteiger partial charge on any atom is -0.336 e. The number of rotatable bonds is 6. The number of nitrogens with zero attached hydrogens (tertiary/aromatic N) is 2. The van der Waals surface area contributed by atoms with Crippen molar-refractivity contribution in [3.8, 4) is 0 Å². The van der Waals surface area contributed by atoms with Gasteiger partial charge in [0.2, 0.25) is 10.0 Å². The largest absolute Gasteiger partial charge is 0.336 e. The van der Waals surface area contributed by atoms with Gasteiger partial charge in [0.15, 0.2) is 0 Å². The van der Waals surface area contributed by atoms with E-state index in [2.05, 4.69) is 21.6 Å². The first-order valence-corrected chi connectivity index (χ1v) is 11.2. The number of amides is 2. The summed E-state index contributed by atoms with van der Waals surface area (Å²) in [5.41, 5.74) is 1.24. The summed E-state index contributed by atoms with van der Waals surface area (Å²) in [5, 5.41) is 7.70. The lowest BCUT2D eigenvalue weighted by Gasteiger charge is -2.23. The van der Waals surface area contributed by atoms with E-state index in [4.69, 9.17) is 0 Å². The molecule has 0 aliphatic carbocycles. The van der Waals surface area contributed by atoms with Gasteiger partial charge in [-0.05, 0) is 56.2 Å². The Labute approximate surface area is 164 Å². The van der Waals surface area contributed by atoms with E-state index >= 15 is 0 Å². The van der Waals surface area contributed by atoms with Gasteiger partial charge in [-0.15, -0.1) is 11.3 Å². The van der Waals surface area contributed by atoms with Crippen molar-refractivity contribution in [2.75, 3.05) is 42.6 Å². The highest BCUT2D eigenvalue weighted by Crippen LogP contribution is 2.25. The molecule has 1 aromatic carbocycles. The summed E-state index contributed by atoms with van der Waals surface area (Å²) in [7, 11) is 0.769. The summed E-state index contributed by atoms with van der Waals surface area (Å²) in [6.45, 7) is 0.994. The van der Waals surface area contributed by atoms with Crippen LogP contribution in [-0.2, 0) is 10.0 Å². The van der Waals surface area contributed by atoms with E-state index in [1.165, 1.54) is 9.18 Å². The Morgan fingerprint density at radius 1 is 1.26 bits per heavy atom. The van der Waals surface area contributed by atoms with E-state index in [9.17, 15) is 13.2 Å². The molecule has 1 aliphatic heterocycles. The topological polar surface area (TPSA) is 81.8 Å². The van der Waals surface area contributed by atoms with Gasteiger partial charge in [-0.2, -0.15) is 0 Å². The van der Waals surface area contributed by atoms with Crippen LogP contribution in [0.25, 0.3) is 0 Å². The molecule has 9 heteroatoms. The van der Waals surface area contributed by atoms with Crippen molar-refractivity contribution in [2.45, 2.75) is 12.5 Å². The molecule has 1 aromatic heterocycles.